The second-order valence-corrected chi connectivity index (χ2v) is 3.62. The van der Waals surface area contributed by atoms with E-state index in [0.717, 1.165) is 0 Å². The van der Waals surface area contributed by atoms with Gasteiger partial charge in [-0.1, -0.05) is 6.92 Å². The van der Waals surface area contributed by atoms with Gasteiger partial charge < -0.3 is 10.0 Å². The van der Waals surface area contributed by atoms with Crippen LogP contribution in [0.15, 0.2) is 0 Å². The smallest absolute Gasteiger partial charge is 0.388 e. The van der Waals surface area contributed by atoms with E-state index in [1.54, 1.807) is 11.9 Å². The molecule has 0 saturated carbocycles. The maximum Gasteiger partial charge on any atom is 0.391 e. The monoisotopic (exact) mass is 257 g/mol. The number of aliphatic hydroxyl groups is 1. The van der Waals surface area contributed by atoms with Gasteiger partial charge >= 0.3 is 6.18 Å². The second kappa shape index (κ2) is 5.93. The predicted molar refractivity (Wildman–Crippen MR) is 44.5 cm³/mol. The molecule has 0 spiro atoms. The standard InChI is InChI=1S/C8H16F3NO.Ni/c1-4-12(3)6-7(2,13)5-8(9,10)11;/h13H,4-6H2,1-3H3;. The van der Waals surface area contributed by atoms with Crippen molar-refractivity contribution in [2.45, 2.75) is 32.0 Å². The molecule has 1 atom stereocenters. The fraction of sp³-hybridized carbons (Fsp3) is 1.00. The van der Waals surface area contributed by atoms with Crippen LogP contribution < -0.4 is 0 Å². The van der Waals surface area contributed by atoms with Crippen LogP contribution >= 0.6 is 0 Å². The molecule has 1 N–H and O–H groups in total. The van der Waals surface area contributed by atoms with Crippen molar-refractivity contribution in [1.29, 1.82) is 0 Å². The number of hydrogen-bond acceptors (Lipinski definition) is 2. The van der Waals surface area contributed by atoms with Crippen LogP contribution in [0, 0.1) is 0 Å². The molecular weight excluding hydrogens is 242 g/mol. The maximum atomic E-state index is 11.9. The van der Waals surface area contributed by atoms with Gasteiger partial charge in [0.2, 0.25) is 0 Å². The van der Waals surface area contributed by atoms with Crippen molar-refractivity contribution in [3.63, 3.8) is 0 Å². The third kappa shape index (κ3) is 8.79. The van der Waals surface area contributed by atoms with Crippen molar-refractivity contribution in [2.75, 3.05) is 20.1 Å². The number of nitrogens with zero attached hydrogens (tertiary/aromatic N) is 1. The summed E-state index contributed by atoms with van der Waals surface area (Å²) in [5.41, 5.74) is -1.69. The minimum absolute atomic E-state index is 0. The molecule has 0 aliphatic carbocycles. The topological polar surface area (TPSA) is 23.5 Å². The van der Waals surface area contributed by atoms with Crippen LogP contribution in [-0.4, -0.2) is 41.9 Å². The van der Waals surface area contributed by atoms with E-state index in [1.165, 1.54) is 6.92 Å². The molecule has 0 heterocycles. The van der Waals surface area contributed by atoms with Gasteiger partial charge in [-0.05, 0) is 20.5 Å². The van der Waals surface area contributed by atoms with Crippen LogP contribution in [0.3, 0.4) is 0 Å². The van der Waals surface area contributed by atoms with E-state index in [2.05, 4.69) is 0 Å². The van der Waals surface area contributed by atoms with Crippen molar-refractivity contribution in [2.24, 2.45) is 0 Å². The first-order valence-corrected chi connectivity index (χ1v) is 4.14. The van der Waals surface area contributed by atoms with E-state index >= 15 is 0 Å². The molecule has 0 radical (unpaired) electrons. The summed E-state index contributed by atoms with van der Waals surface area (Å²) in [5, 5.41) is 9.39. The van der Waals surface area contributed by atoms with Crippen LogP contribution in [-0.2, 0) is 16.5 Å². The van der Waals surface area contributed by atoms with E-state index in [0.29, 0.717) is 6.54 Å². The summed E-state index contributed by atoms with van der Waals surface area (Å²) in [4.78, 5) is 1.64. The van der Waals surface area contributed by atoms with E-state index in [9.17, 15) is 18.3 Å². The molecular formula is C8H16F3NNiO. The summed E-state index contributed by atoms with van der Waals surface area (Å²) in [6, 6.07) is 0. The Morgan fingerprint density at radius 2 is 1.71 bits per heavy atom. The normalized spacial score (nSPS) is 16.3. The molecule has 0 aromatic carbocycles. The average Bonchev–Trinajstić information content (AvgIpc) is 1.80. The number of rotatable bonds is 4. The second-order valence-electron chi connectivity index (χ2n) is 3.62. The van der Waals surface area contributed by atoms with E-state index in [4.69, 9.17) is 0 Å². The Bertz CT molecular complexity index is 161. The first-order chi connectivity index (χ1) is 5.66. The molecule has 1 unspecified atom stereocenters. The van der Waals surface area contributed by atoms with Crippen molar-refractivity contribution in [3.05, 3.63) is 0 Å². The maximum absolute atomic E-state index is 11.9. The van der Waals surface area contributed by atoms with E-state index in [1.807, 2.05) is 6.92 Å². The van der Waals surface area contributed by atoms with Crippen LogP contribution in [0.5, 0.6) is 0 Å². The van der Waals surface area contributed by atoms with E-state index in [-0.39, 0.29) is 23.0 Å². The summed E-state index contributed by atoms with van der Waals surface area (Å²) in [7, 11) is 1.67. The Morgan fingerprint density at radius 1 is 1.29 bits per heavy atom. The largest absolute Gasteiger partial charge is 0.391 e. The summed E-state index contributed by atoms with van der Waals surface area (Å²) < 4.78 is 35.8. The molecule has 0 aliphatic rings. The summed E-state index contributed by atoms with van der Waals surface area (Å²) in [5.74, 6) is 0. The van der Waals surface area contributed by atoms with Gasteiger partial charge in [-0.2, -0.15) is 13.2 Å². The molecule has 6 heteroatoms. The average molecular weight is 258 g/mol. The summed E-state index contributed by atoms with van der Waals surface area (Å²) in [6.07, 6.45) is -5.47. The Kier molecular flexibility index (Phi) is 7.05. The Hall–Kier alpha value is 0.204. The minimum Gasteiger partial charge on any atom is -0.388 e. The molecule has 0 amide bonds. The molecule has 0 aromatic rings. The zero-order valence-corrected chi connectivity index (χ0v) is 9.45. The van der Waals surface area contributed by atoms with Gasteiger partial charge in [-0.25, -0.2) is 0 Å². The SMILES string of the molecule is CCN(C)CC(C)(O)CC(F)(F)F.[Ni]. The first-order valence-electron chi connectivity index (χ1n) is 4.14. The third-order valence-corrected chi connectivity index (χ3v) is 1.73. The number of alkyl halides is 3. The zero-order chi connectivity index (χ0) is 10.7. The van der Waals surface area contributed by atoms with Gasteiger partial charge in [0.05, 0.1) is 12.0 Å². The number of hydrogen-bond donors (Lipinski definition) is 1. The Balaban J connectivity index is 0. The molecule has 2 nitrogen and oxygen atoms in total. The van der Waals surface area contributed by atoms with Crippen LogP contribution in [0.25, 0.3) is 0 Å². The molecule has 0 fully saturated rings. The first kappa shape index (κ1) is 16.6. The quantitative estimate of drug-likeness (QED) is 0.775. The minimum atomic E-state index is -4.31. The fourth-order valence-electron chi connectivity index (χ4n) is 1.18. The number of likely N-dealkylation sites (N-methyl/N-ethyl adjacent to an activating group) is 1. The van der Waals surface area contributed by atoms with Gasteiger partial charge in [0, 0.05) is 23.0 Å². The van der Waals surface area contributed by atoms with Gasteiger partial charge in [-0.15, -0.1) is 0 Å². The van der Waals surface area contributed by atoms with Gasteiger partial charge in [0.25, 0.3) is 0 Å². The van der Waals surface area contributed by atoms with Gasteiger partial charge in [0.1, 0.15) is 0 Å². The molecule has 0 aliphatic heterocycles. The van der Waals surface area contributed by atoms with Crippen molar-refractivity contribution < 1.29 is 34.8 Å². The molecule has 0 rings (SSSR count). The summed E-state index contributed by atoms with van der Waals surface area (Å²) in [6.45, 7) is 3.67. The molecule has 0 saturated heterocycles. The van der Waals surface area contributed by atoms with E-state index < -0.39 is 18.2 Å². The Labute approximate surface area is 92.4 Å². The van der Waals surface area contributed by atoms with Gasteiger partial charge in [0.15, 0.2) is 0 Å². The predicted octanol–water partition coefficient (Wildman–Crippen LogP) is 1.64. The van der Waals surface area contributed by atoms with Gasteiger partial charge in [-0.3, -0.25) is 0 Å². The fourth-order valence-corrected chi connectivity index (χ4v) is 1.18. The molecule has 0 bridgehead atoms. The van der Waals surface area contributed by atoms with Crippen LogP contribution in [0.4, 0.5) is 13.2 Å². The number of halogens is 3. The Morgan fingerprint density at radius 3 is 2.00 bits per heavy atom. The van der Waals surface area contributed by atoms with Crippen molar-refractivity contribution in [3.8, 4) is 0 Å². The molecule has 90 valence electrons. The third-order valence-electron chi connectivity index (χ3n) is 1.73. The van der Waals surface area contributed by atoms with Crippen LogP contribution in [0.2, 0.25) is 0 Å². The zero-order valence-electron chi connectivity index (χ0n) is 8.47. The van der Waals surface area contributed by atoms with Crippen LogP contribution in [0.1, 0.15) is 20.3 Å². The van der Waals surface area contributed by atoms with Crippen molar-refractivity contribution >= 4 is 0 Å². The molecule has 0 aromatic heterocycles. The van der Waals surface area contributed by atoms with Crippen molar-refractivity contribution in [1.82, 2.24) is 4.90 Å². The molecule has 14 heavy (non-hydrogen) atoms. The summed E-state index contributed by atoms with van der Waals surface area (Å²) >= 11 is 0.